The van der Waals surface area contributed by atoms with Gasteiger partial charge in [-0.05, 0) is 61.9 Å². The van der Waals surface area contributed by atoms with E-state index in [0.29, 0.717) is 47.4 Å². The molecule has 2 fully saturated rings. The third-order valence-electron chi connectivity index (χ3n) is 6.17. The maximum Gasteiger partial charge on any atom is 0.256 e. The van der Waals surface area contributed by atoms with Crippen LogP contribution in [0.5, 0.6) is 11.5 Å². The normalized spacial score (nSPS) is 15.5. The molecule has 0 bridgehead atoms. The highest BCUT2D eigenvalue weighted by Gasteiger charge is 2.25. The van der Waals surface area contributed by atoms with E-state index in [1.165, 1.54) is 20.3 Å². The zero-order valence-corrected chi connectivity index (χ0v) is 20.1. The number of hydrogen-bond acceptors (Lipinski definition) is 5. The maximum atomic E-state index is 13.2. The van der Waals surface area contributed by atoms with Crippen molar-refractivity contribution in [2.75, 3.05) is 32.6 Å². The van der Waals surface area contributed by atoms with Gasteiger partial charge in [0.25, 0.3) is 11.8 Å². The largest absolute Gasteiger partial charge is 0.493 e. The van der Waals surface area contributed by atoms with Gasteiger partial charge in [-0.2, -0.15) is 0 Å². The van der Waals surface area contributed by atoms with E-state index < -0.39 is 0 Å². The summed E-state index contributed by atoms with van der Waals surface area (Å²) in [6.45, 7) is 1.38. The van der Waals surface area contributed by atoms with Crippen LogP contribution in [0.4, 0.5) is 5.69 Å². The second-order valence-corrected chi connectivity index (χ2v) is 8.80. The van der Waals surface area contributed by atoms with Crippen molar-refractivity contribution in [1.82, 2.24) is 10.2 Å². The molecular formula is C27H31N3O5. The Kier molecular flexibility index (Phi) is 7.70. The predicted molar refractivity (Wildman–Crippen MR) is 134 cm³/mol. The fraction of sp³-hybridized carbons (Fsp3) is 0.370. The van der Waals surface area contributed by atoms with Crippen LogP contribution in [0.1, 0.15) is 58.4 Å². The highest BCUT2D eigenvalue weighted by molar-refractivity contribution is 6.08. The van der Waals surface area contributed by atoms with Gasteiger partial charge in [0.1, 0.15) is 0 Å². The summed E-state index contributed by atoms with van der Waals surface area (Å²) < 4.78 is 10.8. The van der Waals surface area contributed by atoms with Crippen LogP contribution in [0.2, 0.25) is 0 Å². The van der Waals surface area contributed by atoms with Gasteiger partial charge in [0.15, 0.2) is 11.5 Å². The quantitative estimate of drug-likeness (QED) is 0.563. The zero-order chi connectivity index (χ0) is 24.8. The summed E-state index contributed by atoms with van der Waals surface area (Å²) in [4.78, 5) is 39.9. The molecule has 0 spiro atoms. The second kappa shape index (κ2) is 11.1. The summed E-state index contributed by atoms with van der Waals surface area (Å²) in [6, 6.07) is 10.6. The van der Waals surface area contributed by atoms with Gasteiger partial charge in [0, 0.05) is 36.8 Å². The molecule has 35 heavy (non-hydrogen) atoms. The molecule has 1 saturated carbocycles. The number of hydrogen-bond donors (Lipinski definition) is 2. The molecule has 3 amide bonds. The molecule has 1 aliphatic carbocycles. The van der Waals surface area contributed by atoms with Crippen LogP contribution in [-0.2, 0) is 4.79 Å². The van der Waals surface area contributed by atoms with E-state index in [1.54, 1.807) is 47.4 Å². The highest BCUT2D eigenvalue weighted by Crippen LogP contribution is 2.34. The number of methoxy groups -OCH3 is 2. The smallest absolute Gasteiger partial charge is 0.256 e. The van der Waals surface area contributed by atoms with Gasteiger partial charge >= 0.3 is 0 Å². The number of likely N-dealkylation sites (tertiary alicyclic amines) is 1. The average Bonchev–Trinajstić information content (AvgIpc) is 3.71. The minimum atomic E-state index is -0.388. The van der Waals surface area contributed by atoms with Crippen molar-refractivity contribution in [3.8, 4) is 11.5 Å². The Morgan fingerprint density at radius 1 is 0.943 bits per heavy atom. The Morgan fingerprint density at radius 3 is 2.23 bits per heavy atom. The molecule has 8 heteroatoms. The van der Waals surface area contributed by atoms with Gasteiger partial charge in [-0.25, -0.2) is 0 Å². The maximum absolute atomic E-state index is 13.2. The number of carbonyl (C=O) groups excluding carboxylic acids is 3. The minimum absolute atomic E-state index is 0.0832. The Bertz CT molecular complexity index is 1120. The lowest BCUT2D eigenvalue weighted by Crippen LogP contribution is -2.36. The van der Waals surface area contributed by atoms with Gasteiger partial charge in [0.05, 0.1) is 25.5 Å². The molecule has 0 atom stereocenters. The third kappa shape index (κ3) is 6.20. The molecule has 0 radical (unpaired) electrons. The first-order valence-electron chi connectivity index (χ1n) is 11.9. The molecular weight excluding hydrogens is 446 g/mol. The number of carbonyl (C=O) groups is 3. The lowest BCUT2D eigenvalue weighted by molar-refractivity contribution is -0.111. The van der Waals surface area contributed by atoms with Crippen molar-refractivity contribution >= 4 is 29.5 Å². The molecule has 1 aliphatic heterocycles. The highest BCUT2D eigenvalue weighted by atomic mass is 16.5. The second-order valence-electron chi connectivity index (χ2n) is 8.80. The molecule has 2 aromatic rings. The van der Waals surface area contributed by atoms with Crippen molar-refractivity contribution in [3.05, 3.63) is 59.2 Å². The van der Waals surface area contributed by atoms with E-state index >= 15 is 0 Å². The summed E-state index contributed by atoms with van der Waals surface area (Å²) in [5.74, 6) is 0.222. The van der Waals surface area contributed by atoms with Crippen LogP contribution in [0.25, 0.3) is 6.08 Å². The predicted octanol–water partition coefficient (Wildman–Crippen LogP) is 3.87. The van der Waals surface area contributed by atoms with Crippen LogP contribution in [0.3, 0.4) is 0 Å². The van der Waals surface area contributed by atoms with Crippen LogP contribution < -0.4 is 20.1 Å². The van der Waals surface area contributed by atoms with Crippen molar-refractivity contribution in [1.29, 1.82) is 0 Å². The number of ether oxygens (including phenoxy) is 2. The van der Waals surface area contributed by atoms with Gasteiger partial charge in [0.2, 0.25) is 5.91 Å². The number of nitrogens with zero attached hydrogens (tertiary/aromatic N) is 1. The van der Waals surface area contributed by atoms with E-state index in [2.05, 4.69) is 10.6 Å². The summed E-state index contributed by atoms with van der Waals surface area (Å²) >= 11 is 0. The lowest BCUT2D eigenvalue weighted by atomic mass is 10.1. The number of anilines is 1. The molecule has 4 rings (SSSR count). The molecule has 1 heterocycles. The van der Waals surface area contributed by atoms with Gasteiger partial charge in [-0.1, -0.05) is 12.1 Å². The topological polar surface area (TPSA) is 97.0 Å². The Morgan fingerprint density at radius 2 is 1.60 bits per heavy atom. The molecule has 0 aromatic heterocycles. The van der Waals surface area contributed by atoms with Crippen LogP contribution in [0, 0.1) is 0 Å². The van der Waals surface area contributed by atoms with Crippen LogP contribution in [0.15, 0.2) is 42.5 Å². The number of rotatable bonds is 8. The molecule has 8 nitrogen and oxygen atoms in total. The number of nitrogens with one attached hydrogen (secondary N) is 2. The zero-order valence-electron chi connectivity index (χ0n) is 20.1. The molecule has 1 saturated heterocycles. The van der Waals surface area contributed by atoms with Crippen molar-refractivity contribution in [2.24, 2.45) is 0 Å². The first-order chi connectivity index (χ1) is 17.0. The molecule has 2 aliphatic rings. The minimum Gasteiger partial charge on any atom is -0.493 e. The molecule has 2 aromatic carbocycles. The van der Waals surface area contributed by atoms with Gasteiger partial charge in [-0.3, -0.25) is 14.4 Å². The summed E-state index contributed by atoms with van der Waals surface area (Å²) in [7, 11) is 3.01. The number of amides is 3. The van der Waals surface area contributed by atoms with Crippen molar-refractivity contribution < 1.29 is 23.9 Å². The SMILES string of the molecule is COc1cc(NC(=O)/C=C/c2ccc(C(=O)NC3CC3)cc2)c(C(=O)N2CCCCC2)cc1OC. The molecule has 184 valence electrons. The van der Waals surface area contributed by atoms with Crippen LogP contribution >= 0.6 is 0 Å². The Hall–Kier alpha value is -3.81. The number of benzene rings is 2. The summed E-state index contributed by atoms with van der Waals surface area (Å²) in [6.07, 6.45) is 8.15. The number of piperidine rings is 1. The lowest BCUT2D eigenvalue weighted by Gasteiger charge is -2.28. The third-order valence-corrected chi connectivity index (χ3v) is 6.17. The van der Waals surface area contributed by atoms with E-state index in [0.717, 1.165) is 37.7 Å². The first kappa shape index (κ1) is 24.3. The van der Waals surface area contributed by atoms with E-state index in [4.69, 9.17) is 9.47 Å². The van der Waals surface area contributed by atoms with E-state index in [9.17, 15) is 14.4 Å². The average molecular weight is 478 g/mol. The standard InChI is InChI=1S/C27H31N3O5/c1-34-23-16-21(27(33)30-14-4-3-5-15-30)22(17-24(23)35-2)29-25(31)13-8-18-6-9-19(10-7-18)26(32)28-20-11-12-20/h6-10,13,16-17,20H,3-5,11-12,14-15H2,1-2H3,(H,28,32)(H,29,31)/b13-8+. The fourth-order valence-electron chi connectivity index (χ4n) is 4.02. The van der Waals surface area contributed by atoms with Gasteiger partial charge in [-0.15, -0.1) is 0 Å². The summed E-state index contributed by atoms with van der Waals surface area (Å²) in [5.41, 5.74) is 2.09. The van der Waals surface area contributed by atoms with Crippen LogP contribution in [-0.4, -0.2) is 56.0 Å². The van der Waals surface area contributed by atoms with Gasteiger partial charge < -0.3 is 25.0 Å². The van der Waals surface area contributed by atoms with Crippen molar-refractivity contribution in [2.45, 2.75) is 38.1 Å². The van der Waals surface area contributed by atoms with Crippen molar-refractivity contribution in [3.63, 3.8) is 0 Å². The first-order valence-corrected chi connectivity index (χ1v) is 11.9. The van der Waals surface area contributed by atoms with E-state index in [1.807, 2.05) is 0 Å². The summed E-state index contributed by atoms with van der Waals surface area (Å²) in [5, 5.41) is 5.76. The Balaban J connectivity index is 1.48. The Labute approximate surface area is 205 Å². The van der Waals surface area contributed by atoms with E-state index in [-0.39, 0.29) is 17.7 Å². The molecule has 0 unspecified atom stereocenters. The fourth-order valence-corrected chi connectivity index (χ4v) is 4.02. The monoisotopic (exact) mass is 477 g/mol. The molecule has 2 N–H and O–H groups in total.